The maximum absolute atomic E-state index is 13.2. The number of urea groups is 1. The lowest BCUT2D eigenvalue weighted by Crippen LogP contribution is -2.61. The first-order valence-electron chi connectivity index (χ1n) is 10.8. The van der Waals surface area contributed by atoms with Crippen molar-refractivity contribution in [2.24, 2.45) is 4.99 Å². The molecule has 0 spiro atoms. The summed E-state index contributed by atoms with van der Waals surface area (Å²) in [5, 5.41) is 2.88. The topological polar surface area (TPSA) is 54.4 Å². The van der Waals surface area contributed by atoms with Crippen LogP contribution in [0, 0.1) is 5.82 Å². The Bertz CT molecular complexity index is 1030. The molecule has 1 aromatic heterocycles. The van der Waals surface area contributed by atoms with E-state index in [4.69, 9.17) is 4.99 Å². The monoisotopic (exact) mass is 498 g/mol. The first-order chi connectivity index (χ1) is 16.1. The van der Waals surface area contributed by atoms with Crippen molar-refractivity contribution in [3.63, 3.8) is 0 Å². The van der Waals surface area contributed by atoms with E-state index in [1.165, 1.54) is 23.1 Å². The van der Waals surface area contributed by atoms with Crippen LogP contribution in [0.15, 0.2) is 41.4 Å². The maximum atomic E-state index is 13.2. The van der Waals surface area contributed by atoms with Crippen LogP contribution < -0.4 is 10.2 Å². The third-order valence-corrected chi connectivity index (χ3v) is 6.76. The molecule has 1 saturated heterocycles. The fourth-order valence-electron chi connectivity index (χ4n) is 3.94. The standard InChI is InChI=1S/C22H26F4N6OS/c1-29(2)14-19-27-20(31-11-9-30(10-12-31)16-5-3-15(23)4-6-16)28-21(33)32(19)13-17-7-8-18(34-17)22(24,25)26/h3-8,20H,9-14H2,1-2H3,(H,28,33). The van der Waals surface area contributed by atoms with Crippen LogP contribution in [0.4, 0.5) is 28.0 Å². The maximum Gasteiger partial charge on any atom is 0.425 e. The van der Waals surface area contributed by atoms with Crippen LogP contribution in [0.3, 0.4) is 0 Å². The number of amidine groups is 1. The van der Waals surface area contributed by atoms with E-state index < -0.39 is 17.3 Å². The number of anilines is 1. The van der Waals surface area contributed by atoms with Crippen molar-refractivity contribution in [3.05, 3.63) is 52.0 Å². The van der Waals surface area contributed by atoms with Crippen LogP contribution in [0.1, 0.15) is 9.75 Å². The number of hydrogen-bond acceptors (Lipinski definition) is 6. The van der Waals surface area contributed by atoms with Gasteiger partial charge in [0.1, 0.15) is 16.5 Å². The highest BCUT2D eigenvalue weighted by Crippen LogP contribution is 2.35. The van der Waals surface area contributed by atoms with E-state index in [9.17, 15) is 22.4 Å². The Hall–Kier alpha value is -2.70. The largest absolute Gasteiger partial charge is 0.425 e. The van der Waals surface area contributed by atoms with Gasteiger partial charge in [-0.25, -0.2) is 14.2 Å². The quantitative estimate of drug-likeness (QED) is 0.620. The van der Waals surface area contributed by atoms with Crippen LogP contribution in [0.25, 0.3) is 0 Å². The molecule has 34 heavy (non-hydrogen) atoms. The summed E-state index contributed by atoms with van der Waals surface area (Å²) >= 11 is 0.630. The van der Waals surface area contributed by atoms with E-state index in [1.807, 2.05) is 19.0 Å². The molecule has 1 aromatic carbocycles. The van der Waals surface area contributed by atoms with Gasteiger partial charge >= 0.3 is 12.2 Å². The molecule has 1 fully saturated rings. The second kappa shape index (κ2) is 9.88. The zero-order valence-corrected chi connectivity index (χ0v) is 19.7. The summed E-state index contributed by atoms with van der Waals surface area (Å²) < 4.78 is 52.1. The fourth-order valence-corrected chi connectivity index (χ4v) is 4.81. The van der Waals surface area contributed by atoms with Gasteiger partial charge in [-0.1, -0.05) is 0 Å². The average Bonchev–Trinajstić information content (AvgIpc) is 3.26. The van der Waals surface area contributed by atoms with Crippen molar-refractivity contribution in [3.8, 4) is 0 Å². The number of amides is 2. The number of likely N-dealkylation sites (N-methyl/N-ethyl adjacent to an activating group) is 1. The van der Waals surface area contributed by atoms with E-state index in [1.54, 1.807) is 12.1 Å². The number of piperazine rings is 1. The zero-order valence-electron chi connectivity index (χ0n) is 18.8. The number of hydrogen-bond donors (Lipinski definition) is 1. The van der Waals surface area contributed by atoms with Crippen LogP contribution in [0.2, 0.25) is 0 Å². The molecule has 2 aromatic rings. The summed E-state index contributed by atoms with van der Waals surface area (Å²) in [5.74, 6) is 0.221. The second-order valence-electron chi connectivity index (χ2n) is 8.46. The molecule has 4 rings (SSSR count). The molecule has 184 valence electrons. The van der Waals surface area contributed by atoms with Crippen molar-refractivity contribution in [2.75, 3.05) is 51.7 Å². The number of carbonyl (C=O) groups excluding carboxylic acids is 1. The number of thiophene rings is 1. The molecule has 0 bridgehead atoms. The van der Waals surface area contributed by atoms with Gasteiger partial charge in [-0.05, 0) is 50.5 Å². The van der Waals surface area contributed by atoms with Gasteiger partial charge in [-0.3, -0.25) is 9.80 Å². The molecule has 7 nitrogen and oxygen atoms in total. The Morgan fingerprint density at radius 1 is 1.09 bits per heavy atom. The van der Waals surface area contributed by atoms with Crippen LogP contribution in [-0.2, 0) is 12.7 Å². The van der Waals surface area contributed by atoms with Crippen molar-refractivity contribution in [2.45, 2.75) is 19.0 Å². The van der Waals surface area contributed by atoms with E-state index >= 15 is 0 Å². The average molecular weight is 499 g/mol. The second-order valence-corrected chi connectivity index (χ2v) is 9.62. The van der Waals surface area contributed by atoms with Crippen molar-refractivity contribution >= 4 is 28.9 Å². The molecule has 12 heteroatoms. The SMILES string of the molecule is CN(C)CC1=NC(N2CCN(c3ccc(F)cc3)CC2)NC(=O)N1Cc1ccc(C(F)(F)F)s1. The molecule has 1 atom stereocenters. The molecule has 2 aliphatic rings. The number of halogens is 4. The molecule has 0 aliphatic carbocycles. The number of carbonyl (C=O) groups is 1. The van der Waals surface area contributed by atoms with Gasteiger partial charge in [-0.2, -0.15) is 13.2 Å². The summed E-state index contributed by atoms with van der Waals surface area (Å²) in [6.07, 6.45) is -4.96. The predicted molar refractivity (Wildman–Crippen MR) is 123 cm³/mol. The Labute approximate surface area is 199 Å². The highest BCUT2D eigenvalue weighted by atomic mass is 32.1. The molecular formula is C22H26F4N6OS. The van der Waals surface area contributed by atoms with E-state index in [0.29, 0.717) is 54.8 Å². The smallest absolute Gasteiger partial charge is 0.369 e. The molecule has 0 saturated carbocycles. The first-order valence-corrected chi connectivity index (χ1v) is 11.6. The number of nitrogens with one attached hydrogen (secondary N) is 1. The van der Waals surface area contributed by atoms with Crippen molar-refractivity contribution < 1.29 is 22.4 Å². The van der Waals surface area contributed by atoms with E-state index in [-0.39, 0.29) is 18.4 Å². The Morgan fingerprint density at radius 2 is 1.76 bits per heavy atom. The van der Waals surface area contributed by atoms with Crippen molar-refractivity contribution in [1.82, 2.24) is 20.0 Å². The van der Waals surface area contributed by atoms with Gasteiger partial charge in [0.05, 0.1) is 13.1 Å². The van der Waals surface area contributed by atoms with Gasteiger partial charge < -0.3 is 15.1 Å². The normalized spacial score (nSPS) is 20.0. The Morgan fingerprint density at radius 3 is 2.35 bits per heavy atom. The van der Waals surface area contributed by atoms with Gasteiger partial charge in [0.15, 0.2) is 6.29 Å². The molecular weight excluding hydrogens is 472 g/mol. The van der Waals surface area contributed by atoms with Gasteiger partial charge in [0, 0.05) is 36.7 Å². The lowest BCUT2D eigenvalue weighted by atomic mass is 10.2. The van der Waals surface area contributed by atoms with E-state index in [2.05, 4.69) is 15.1 Å². The minimum atomic E-state index is -4.41. The molecule has 0 radical (unpaired) electrons. The van der Waals surface area contributed by atoms with Gasteiger partial charge in [0.25, 0.3) is 0 Å². The van der Waals surface area contributed by atoms with Gasteiger partial charge in [-0.15, -0.1) is 11.3 Å². The molecule has 1 unspecified atom stereocenters. The minimum absolute atomic E-state index is 0.0182. The summed E-state index contributed by atoms with van der Waals surface area (Å²) in [6, 6.07) is 8.39. The van der Waals surface area contributed by atoms with Crippen molar-refractivity contribution in [1.29, 1.82) is 0 Å². The molecule has 2 amide bonds. The van der Waals surface area contributed by atoms with Crippen LogP contribution in [0.5, 0.6) is 0 Å². The fraction of sp³-hybridized carbons (Fsp3) is 0.455. The highest BCUT2D eigenvalue weighted by Gasteiger charge is 2.35. The summed E-state index contributed by atoms with van der Waals surface area (Å²) in [5.41, 5.74) is 0.936. The number of benzene rings is 1. The Balaban J connectivity index is 1.46. The lowest BCUT2D eigenvalue weighted by molar-refractivity contribution is -0.134. The summed E-state index contributed by atoms with van der Waals surface area (Å²) in [6.45, 7) is 3.05. The third-order valence-electron chi connectivity index (χ3n) is 5.65. The summed E-state index contributed by atoms with van der Waals surface area (Å²) in [7, 11) is 3.69. The number of alkyl halides is 3. The minimum Gasteiger partial charge on any atom is -0.369 e. The zero-order chi connectivity index (χ0) is 24.5. The Kier molecular flexibility index (Phi) is 7.10. The number of rotatable bonds is 6. The molecule has 1 N–H and O–H groups in total. The van der Waals surface area contributed by atoms with E-state index in [0.717, 1.165) is 11.8 Å². The number of aliphatic imine (C=N–C) groups is 1. The predicted octanol–water partition coefficient (Wildman–Crippen LogP) is 3.50. The van der Waals surface area contributed by atoms with Gasteiger partial charge in [0.2, 0.25) is 0 Å². The molecule has 3 heterocycles. The molecule has 2 aliphatic heterocycles. The van der Waals surface area contributed by atoms with Crippen LogP contribution in [-0.4, -0.2) is 79.7 Å². The third kappa shape index (κ3) is 5.68. The summed E-state index contributed by atoms with van der Waals surface area (Å²) in [4.78, 5) is 24.9. The highest BCUT2D eigenvalue weighted by molar-refractivity contribution is 7.12. The van der Waals surface area contributed by atoms with Crippen LogP contribution >= 0.6 is 11.3 Å². The number of nitrogens with zero attached hydrogens (tertiary/aromatic N) is 5. The first kappa shape index (κ1) is 24.4. The lowest BCUT2D eigenvalue weighted by Gasteiger charge is -2.42.